The van der Waals surface area contributed by atoms with E-state index >= 15 is 0 Å². The molecule has 0 saturated heterocycles. The zero-order valence-electron chi connectivity index (χ0n) is 18.9. The van der Waals surface area contributed by atoms with Gasteiger partial charge in [0.05, 0.1) is 11.9 Å². The van der Waals surface area contributed by atoms with E-state index in [1.54, 1.807) is 16.8 Å². The maximum Gasteiger partial charge on any atom is 0.277 e. The van der Waals surface area contributed by atoms with Crippen LogP contribution in [0.15, 0.2) is 55.1 Å². The summed E-state index contributed by atoms with van der Waals surface area (Å²) in [5.41, 5.74) is 9.75. The minimum atomic E-state index is -0.360. The molecule has 1 aliphatic carbocycles. The Morgan fingerprint density at radius 1 is 1.06 bits per heavy atom. The van der Waals surface area contributed by atoms with E-state index in [2.05, 4.69) is 30.9 Å². The number of fused-ring (bicyclic) bond motifs is 1. The van der Waals surface area contributed by atoms with Crippen LogP contribution in [-0.4, -0.2) is 42.6 Å². The van der Waals surface area contributed by atoms with Crippen molar-refractivity contribution in [1.82, 2.24) is 24.6 Å². The van der Waals surface area contributed by atoms with Gasteiger partial charge >= 0.3 is 0 Å². The maximum atomic E-state index is 13.0. The number of imidazole rings is 1. The smallest absolute Gasteiger partial charge is 0.277 e. The Bertz CT molecular complexity index is 1280. The van der Waals surface area contributed by atoms with Crippen molar-refractivity contribution < 1.29 is 4.79 Å². The lowest BCUT2D eigenvalue weighted by molar-refractivity contribution is 0.102. The zero-order valence-corrected chi connectivity index (χ0v) is 18.9. The van der Waals surface area contributed by atoms with E-state index in [0.29, 0.717) is 23.0 Å². The Hall–Kier alpha value is -4.05. The first-order valence-corrected chi connectivity index (χ1v) is 11.4. The molecule has 0 radical (unpaired) electrons. The summed E-state index contributed by atoms with van der Waals surface area (Å²) in [6.45, 7) is 2.05. The van der Waals surface area contributed by atoms with Gasteiger partial charge in [-0.25, -0.2) is 19.5 Å². The number of nitrogens with two attached hydrogens (primary N) is 1. The van der Waals surface area contributed by atoms with E-state index in [0.717, 1.165) is 37.1 Å². The number of hydrogen-bond donors (Lipinski definition) is 4. The van der Waals surface area contributed by atoms with Gasteiger partial charge in [0.25, 0.3) is 5.91 Å². The van der Waals surface area contributed by atoms with Crippen LogP contribution in [0.2, 0.25) is 0 Å². The highest BCUT2D eigenvalue weighted by Gasteiger charge is 2.21. The third-order valence-electron chi connectivity index (χ3n) is 5.98. The SMILES string of the molecule is Cc1ccc(Nc2cc(NC3CCC(N)CC3)nn3c(C(=O)Nc4ccncn4)cnc23)cc1. The summed E-state index contributed by atoms with van der Waals surface area (Å²) in [4.78, 5) is 25.4. The van der Waals surface area contributed by atoms with Gasteiger partial charge in [0.15, 0.2) is 11.3 Å². The van der Waals surface area contributed by atoms with E-state index in [-0.39, 0.29) is 18.0 Å². The first-order valence-electron chi connectivity index (χ1n) is 11.4. The van der Waals surface area contributed by atoms with Crippen LogP contribution in [0.25, 0.3) is 5.65 Å². The molecule has 4 aromatic rings. The molecule has 174 valence electrons. The molecule has 0 aliphatic heterocycles. The third-order valence-corrected chi connectivity index (χ3v) is 5.98. The van der Waals surface area contributed by atoms with E-state index in [1.165, 1.54) is 18.1 Å². The predicted octanol–water partition coefficient (Wildman–Crippen LogP) is 3.51. The molecule has 1 fully saturated rings. The van der Waals surface area contributed by atoms with Gasteiger partial charge in [0, 0.05) is 30.0 Å². The predicted molar refractivity (Wildman–Crippen MR) is 131 cm³/mol. The number of nitrogens with one attached hydrogen (secondary N) is 3. The molecule has 10 heteroatoms. The van der Waals surface area contributed by atoms with Gasteiger partial charge in [0.1, 0.15) is 18.0 Å². The summed E-state index contributed by atoms with van der Waals surface area (Å²) in [7, 11) is 0. The quantitative estimate of drug-likeness (QED) is 0.345. The maximum absolute atomic E-state index is 13.0. The molecule has 1 aliphatic rings. The number of hydrogen-bond acceptors (Lipinski definition) is 8. The second kappa shape index (κ2) is 9.44. The third kappa shape index (κ3) is 4.81. The van der Waals surface area contributed by atoms with Crippen molar-refractivity contribution in [2.24, 2.45) is 5.73 Å². The Labute approximate surface area is 197 Å². The van der Waals surface area contributed by atoms with Crippen molar-refractivity contribution in [3.8, 4) is 0 Å². The molecule has 3 heterocycles. The number of rotatable bonds is 6. The fourth-order valence-electron chi connectivity index (χ4n) is 4.10. The second-order valence-corrected chi connectivity index (χ2v) is 8.62. The lowest BCUT2D eigenvalue weighted by Gasteiger charge is -2.27. The van der Waals surface area contributed by atoms with Crippen LogP contribution in [0.5, 0.6) is 0 Å². The van der Waals surface area contributed by atoms with Crippen molar-refractivity contribution in [1.29, 1.82) is 0 Å². The minimum absolute atomic E-state index is 0.262. The molecule has 34 heavy (non-hydrogen) atoms. The van der Waals surface area contributed by atoms with Gasteiger partial charge < -0.3 is 21.7 Å². The van der Waals surface area contributed by atoms with Crippen LogP contribution < -0.4 is 21.7 Å². The van der Waals surface area contributed by atoms with Crippen LogP contribution >= 0.6 is 0 Å². The van der Waals surface area contributed by atoms with E-state index in [4.69, 9.17) is 10.8 Å². The van der Waals surface area contributed by atoms with E-state index < -0.39 is 0 Å². The topological polar surface area (TPSA) is 135 Å². The van der Waals surface area contributed by atoms with Crippen LogP contribution in [-0.2, 0) is 0 Å². The van der Waals surface area contributed by atoms with Gasteiger partial charge in [-0.1, -0.05) is 17.7 Å². The molecule has 0 unspecified atom stereocenters. The summed E-state index contributed by atoms with van der Waals surface area (Å²) in [6.07, 6.45) is 8.38. The molecule has 1 amide bonds. The van der Waals surface area contributed by atoms with E-state index in [9.17, 15) is 4.79 Å². The van der Waals surface area contributed by atoms with Gasteiger partial charge in [-0.15, -0.1) is 5.10 Å². The molecular formula is C24H27N9O. The first-order chi connectivity index (χ1) is 16.5. The highest BCUT2D eigenvalue weighted by Crippen LogP contribution is 2.27. The summed E-state index contributed by atoms with van der Waals surface area (Å²) in [5.74, 6) is 0.707. The van der Waals surface area contributed by atoms with Crippen molar-refractivity contribution in [2.45, 2.75) is 44.7 Å². The number of carbonyl (C=O) groups excluding carboxylic acids is 1. The van der Waals surface area contributed by atoms with Crippen molar-refractivity contribution in [3.05, 3.63) is 66.4 Å². The first kappa shape index (κ1) is 21.8. The normalized spacial score (nSPS) is 17.9. The summed E-state index contributed by atoms with van der Waals surface area (Å²) in [6, 6.07) is 12.2. The number of amides is 1. The lowest BCUT2D eigenvalue weighted by atomic mass is 9.92. The zero-order chi connectivity index (χ0) is 23.5. The number of nitrogens with zero attached hydrogens (tertiary/aromatic N) is 5. The van der Waals surface area contributed by atoms with Crippen LogP contribution in [0.1, 0.15) is 41.7 Å². The average Bonchev–Trinajstić information content (AvgIpc) is 3.27. The van der Waals surface area contributed by atoms with Gasteiger partial charge in [0.2, 0.25) is 0 Å². The fourth-order valence-corrected chi connectivity index (χ4v) is 4.10. The fraction of sp³-hybridized carbons (Fsp3) is 0.292. The van der Waals surface area contributed by atoms with Gasteiger partial charge in [-0.2, -0.15) is 0 Å². The number of carbonyl (C=O) groups is 1. The largest absolute Gasteiger partial charge is 0.366 e. The number of aryl methyl sites for hydroxylation is 1. The monoisotopic (exact) mass is 457 g/mol. The molecule has 10 nitrogen and oxygen atoms in total. The molecule has 3 aromatic heterocycles. The Kier molecular flexibility index (Phi) is 6.05. The molecule has 1 aromatic carbocycles. The van der Waals surface area contributed by atoms with Crippen molar-refractivity contribution in [3.63, 3.8) is 0 Å². The van der Waals surface area contributed by atoms with Crippen LogP contribution in [0.3, 0.4) is 0 Å². The molecular weight excluding hydrogens is 430 g/mol. The Morgan fingerprint density at radius 2 is 1.85 bits per heavy atom. The molecule has 5 rings (SSSR count). The number of anilines is 4. The van der Waals surface area contributed by atoms with Crippen molar-refractivity contribution >= 4 is 34.6 Å². The summed E-state index contributed by atoms with van der Waals surface area (Å²) in [5, 5.41) is 14.4. The Morgan fingerprint density at radius 3 is 2.59 bits per heavy atom. The molecule has 5 N–H and O–H groups in total. The van der Waals surface area contributed by atoms with Gasteiger partial charge in [-0.3, -0.25) is 4.79 Å². The second-order valence-electron chi connectivity index (χ2n) is 8.62. The molecule has 1 saturated carbocycles. The van der Waals surface area contributed by atoms with E-state index in [1.807, 2.05) is 37.3 Å². The standard InChI is InChI=1S/C24H27N9O/c1-15-2-6-17(7-3-15)29-19-12-22(30-18-8-4-16(25)5-9-18)32-33-20(13-27-23(19)33)24(34)31-21-10-11-26-14-28-21/h2-3,6-7,10-14,16,18,29H,4-5,8-9,25H2,1H3,(H,30,32)(H,26,28,31,34). The summed E-state index contributed by atoms with van der Waals surface area (Å²) >= 11 is 0. The van der Waals surface area contributed by atoms with Crippen molar-refractivity contribution in [2.75, 3.05) is 16.0 Å². The van der Waals surface area contributed by atoms with Crippen LogP contribution in [0, 0.1) is 6.92 Å². The molecule has 0 atom stereocenters. The highest BCUT2D eigenvalue weighted by molar-refractivity contribution is 6.03. The number of benzene rings is 1. The van der Waals surface area contributed by atoms with Gasteiger partial charge in [-0.05, 0) is 50.8 Å². The summed E-state index contributed by atoms with van der Waals surface area (Å²) < 4.78 is 1.56. The molecule has 0 bridgehead atoms. The number of aromatic nitrogens is 5. The highest BCUT2D eigenvalue weighted by atomic mass is 16.2. The lowest BCUT2D eigenvalue weighted by Crippen LogP contribution is -2.33. The van der Waals surface area contributed by atoms with Crippen LogP contribution in [0.4, 0.5) is 23.0 Å². The average molecular weight is 458 g/mol. The minimum Gasteiger partial charge on any atom is -0.366 e. The Balaban J connectivity index is 1.49. The molecule has 0 spiro atoms.